The minimum absolute atomic E-state index is 0.00818. The Bertz CT molecular complexity index is 467. The first-order valence-corrected chi connectivity index (χ1v) is 7.96. The molecule has 0 radical (unpaired) electrons. The normalized spacial score (nSPS) is 18.7. The van der Waals surface area contributed by atoms with Crippen molar-refractivity contribution < 1.29 is 9.53 Å². The van der Waals surface area contributed by atoms with Gasteiger partial charge in [-0.15, -0.1) is 0 Å². The largest absolute Gasteiger partial charge is 0.379 e. The van der Waals surface area contributed by atoms with Crippen LogP contribution in [0.3, 0.4) is 0 Å². The molecule has 1 saturated heterocycles. The van der Waals surface area contributed by atoms with Gasteiger partial charge in [0, 0.05) is 32.1 Å². The Morgan fingerprint density at radius 1 is 1.32 bits per heavy atom. The highest BCUT2D eigenvalue weighted by atomic mass is 16.5. The van der Waals surface area contributed by atoms with Crippen LogP contribution in [-0.2, 0) is 9.53 Å². The highest BCUT2D eigenvalue weighted by molar-refractivity contribution is 5.77. The predicted octanol–water partition coefficient (Wildman–Crippen LogP) is 1.22. The molecular formula is C17H27N3O2. The fraction of sp³-hybridized carbons (Fsp3) is 0.588. The molecule has 5 nitrogen and oxygen atoms in total. The minimum Gasteiger partial charge on any atom is -0.379 e. The smallest absolute Gasteiger partial charge is 0.222 e. The summed E-state index contributed by atoms with van der Waals surface area (Å²) in [5, 5.41) is 3.13. The van der Waals surface area contributed by atoms with Crippen molar-refractivity contribution in [3.05, 3.63) is 35.4 Å². The van der Waals surface area contributed by atoms with E-state index in [1.807, 2.05) is 6.92 Å². The topological polar surface area (TPSA) is 67.6 Å². The summed E-state index contributed by atoms with van der Waals surface area (Å²) in [6, 6.07) is 8.21. The van der Waals surface area contributed by atoms with Gasteiger partial charge in [0.1, 0.15) is 0 Å². The molecule has 1 fully saturated rings. The van der Waals surface area contributed by atoms with Gasteiger partial charge in [0.2, 0.25) is 5.91 Å². The number of rotatable bonds is 6. The van der Waals surface area contributed by atoms with E-state index in [4.69, 9.17) is 10.5 Å². The van der Waals surface area contributed by atoms with E-state index in [-0.39, 0.29) is 18.0 Å². The molecule has 1 aromatic carbocycles. The lowest BCUT2D eigenvalue weighted by Gasteiger charge is -2.31. The fourth-order valence-corrected chi connectivity index (χ4v) is 2.62. The highest BCUT2D eigenvalue weighted by Gasteiger charge is 2.20. The van der Waals surface area contributed by atoms with Gasteiger partial charge in [-0.1, -0.05) is 29.8 Å². The average Bonchev–Trinajstić information content (AvgIpc) is 2.47. The second-order valence-electron chi connectivity index (χ2n) is 6.13. The lowest BCUT2D eigenvalue weighted by Crippen LogP contribution is -2.43. The van der Waals surface area contributed by atoms with Gasteiger partial charge < -0.3 is 15.8 Å². The van der Waals surface area contributed by atoms with E-state index in [9.17, 15) is 4.79 Å². The van der Waals surface area contributed by atoms with Crippen LogP contribution in [0.5, 0.6) is 0 Å². The van der Waals surface area contributed by atoms with E-state index in [1.165, 1.54) is 5.56 Å². The number of nitrogens with one attached hydrogen (secondary N) is 1. The molecule has 1 heterocycles. The molecule has 0 bridgehead atoms. The molecule has 1 aliphatic rings. The molecule has 0 aromatic heterocycles. The number of hydrogen-bond acceptors (Lipinski definition) is 4. The zero-order valence-electron chi connectivity index (χ0n) is 13.5. The number of nitrogens with two attached hydrogens (primary N) is 1. The summed E-state index contributed by atoms with van der Waals surface area (Å²) < 4.78 is 5.39. The Labute approximate surface area is 132 Å². The minimum atomic E-state index is -0.123. The van der Waals surface area contributed by atoms with E-state index in [0.717, 1.165) is 38.4 Å². The number of benzene rings is 1. The lowest BCUT2D eigenvalue weighted by molar-refractivity contribution is -0.122. The highest BCUT2D eigenvalue weighted by Crippen LogP contribution is 2.16. The molecule has 5 heteroatoms. The Kier molecular flexibility index (Phi) is 6.36. The summed E-state index contributed by atoms with van der Waals surface area (Å²) in [6.07, 6.45) is 0.353. The quantitative estimate of drug-likeness (QED) is 0.829. The summed E-state index contributed by atoms with van der Waals surface area (Å²) in [7, 11) is 0. The zero-order valence-corrected chi connectivity index (χ0v) is 13.5. The maximum absolute atomic E-state index is 12.1. The van der Waals surface area contributed by atoms with Crippen molar-refractivity contribution in [1.82, 2.24) is 10.2 Å². The van der Waals surface area contributed by atoms with E-state index < -0.39 is 0 Å². The molecule has 1 aromatic rings. The van der Waals surface area contributed by atoms with E-state index in [1.54, 1.807) is 0 Å². The van der Waals surface area contributed by atoms with Crippen LogP contribution in [0.15, 0.2) is 24.3 Å². The van der Waals surface area contributed by atoms with Crippen LogP contribution in [0.4, 0.5) is 0 Å². The molecule has 1 aliphatic heterocycles. The van der Waals surface area contributed by atoms with Crippen LogP contribution >= 0.6 is 0 Å². The van der Waals surface area contributed by atoms with Crippen LogP contribution < -0.4 is 11.1 Å². The van der Waals surface area contributed by atoms with Crippen LogP contribution in [0.25, 0.3) is 0 Å². The Morgan fingerprint density at radius 3 is 2.55 bits per heavy atom. The van der Waals surface area contributed by atoms with Crippen molar-refractivity contribution in [2.75, 3.05) is 32.8 Å². The Morgan fingerprint density at radius 2 is 1.95 bits per heavy atom. The molecular weight excluding hydrogens is 278 g/mol. The standard InChI is InChI=1S/C17H27N3O2/c1-13-3-5-15(6-4-13)16(19-17(21)11-14(2)18)12-20-7-9-22-10-8-20/h3-6,14,16H,7-12,18H2,1-2H3,(H,19,21). The number of aryl methyl sites for hydroxylation is 1. The molecule has 0 saturated carbocycles. The monoisotopic (exact) mass is 305 g/mol. The van der Waals surface area contributed by atoms with Gasteiger partial charge >= 0.3 is 0 Å². The first-order chi connectivity index (χ1) is 10.5. The third-order valence-electron chi connectivity index (χ3n) is 3.87. The summed E-state index contributed by atoms with van der Waals surface area (Å²) in [4.78, 5) is 14.4. The summed E-state index contributed by atoms with van der Waals surface area (Å²) in [5.41, 5.74) is 8.08. The van der Waals surface area contributed by atoms with Crippen molar-refractivity contribution in [2.45, 2.75) is 32.4 Å². The molecule has 2 unspecified atom stereocenters. The van der Waals surface area contributed by atoms with Crippen LogP contribution in [-0.4, -0.2) is 49.7 Å². The summed E-state index contributed by atoms with van der Waals surface area (Å²) in [5.74, 6) is 0.00818. The molecule has 22 heavy (non-hydrogen) atoms. The molecule has 0 aliphatic carbocycles. The number of morpholine rings is 1. The SMILES string of the molecule is Cc1ccc(C(CN2CCOCC2)NC(=O)CC(C)N)cc1. The zero-order chi connectivity index (χ0) is 15.9. The molecule has 0 spiro atoms. The van der Waals surface area contributed by atoms with Gasteiger partial charge in [0.15, 0.2) is 0 Å². The van der Waals surface area contributed by atoms with Crippen molar-refractivity contribution >= 4 is 5.91 Å². The maximum Gasteiger partial charge on any atom is 0.222 e. The number of amides is 1. The molecule has 2 atom stereocenters. The predicted molar refractivity (Wildman–Crippen MR) is 87.6 cm³/mol. The number of carbonyl (C=O) groups is 1. The number of ether oxygens (including phenoxy) is 1. The van der Waals surface area contributed by atoms with Gasteiger partial charge in [-0.3, -0.25) is 9.69 Å². The lowest BCUT2D eigenvalue weighted by atomic mass is 10.0. The van der Waals surface area contributed by atoms with E-state index in [0.29, 0.717) is 6.42 Å². The van der Waals surface area contributed by atoms with Gasteiger partial charge in [-0.25, -0.2) is 0 Å². The number of nitrogens with zero attached hydrogens (tertiary/aromatic N) is 1. The molecule has 2 rings (SSSR count). The van der Waals surface area contributed by atoms with Crippen LogP contribution in [0, 0.1) is 6.92 Å². The molecule has 3 N–H and O–H groups in total. The molecule has 122 valence electrons. The van der Waals surface area contributed by atoms with Crippen molar-refractivity contribution in [2.24, 2.45) is 5.73 Å². The summed E-state index contributed by atoms with van der Waals surface area (Å²) in [6.45, 7) is 8.05. The number of hydrogen-bond donors (Lipinski definition) is 2. The van der Waals surface area contributed by atoms with Gasteiger partial charge in [0.05, 0.1) is 19.3 Å². The first kappa shape index (κ1) is 16.9. The Balaban J connectivity index is 2.05. The van der Waals surface area contributed by atoms with Gasteiger partial charge in [0.25, 0.3) is 0 Å². The second-order valence-corrected chi connectivity index (χ2v) is 6.13. The second kappa shape index (κ2) is 8.27. The maximum atomic E-state index is 12.1. The van der Waals surface area contributed by atoms with Crippen LogP contribution in [0.2, 0.25) is 0 Å². The third kappa shape index (κ3) is 5.40. The van der Waals surface area contributed by atoms with Gasteiger partial charge in [-0.2, -0.15) is 0 Å². The van der Waals surface area contributed by atoms with Crippen LogP contribution in [0.1, 0.15) is 30.5 Å². The average molecular weight is 305 g/mol. The molecule has 1 amide bonds. The van der Waals surface area contributed by atoms with Crippen molar-refractivity contribution in [1.29, 1.82) is 0 Å². The van der Waals surface area contributed by atoms with Gasteiger partial charge in [-0.05, 0) is 19.4 Å². The number of carbonyl (C=O) groups excluding carboxylic acids is 1. The van der Waals surface area contributed by atoms with Crippen molar-refractivity contribution in [3.63, 3.8) is 0 Å². The summed E-state index contributed by atoms with van der Waals surface area (Å²) >= 11 is 0. The first-order valence-electron chi connectivity index (χ1n) is 7.96. The van der Waals surface area contributed by atoms with Crippen molar-refractivity contribution in [3.8, 4) is 0 Å². The Hall–Kier alpha value is -1.43. The van der Waals surface area contributed by atoms with E-state index >= 15 is 0 Å². The van der Waals surface area contributed by atoms with E-state index in [2.05, 4.69) is 41.4 Å². The third-order valence-corrected chi connectivity index (χ3v) is 3.87. The fourth-order valence-electron chi connectivity index (χ4n) is 2.62.